The van der Waals surface area contributed by atoms with Gasteiger partial charge in [-0.2, -0.15) is 8.42 Å². The predicted octanol–water partition coefficient (Wildman–Crippen LogP) is 1.96. The molecule has 0 aromatic carbocycles. The summed E-state index contributed by atoms with van der Waals surface area (Å²) in [6.07, 6.45) is 1.76. The molecule has 1 rings (SSSR count). The summed E-state index contributed by atoms with van der Waals surface area (Å²) in [6, 6.07) is 0. The van der Waals surface area contributed by atoms with E-state index in [1.54, 1.807) is 7.11 Å². The zero-order chi connectivity index (χ0) is 12.6. The molecule has 0 aromatic heterocycles. The molecule has 0 heterocycles. The van der Waals surface area contributed by atoms with Gasteiger partial charge < -0.3 is 4.74 Å². The lowest BCUT2D eigenvalue weighted by Crippen LogP contribution is -2.44. The lowest BCUT2D eigenvalue weighted by atomic mass is 9.66. The van der Waals surface area contributed by atoms with Crippen LogP contribution < -0.4 is 0 Å². The van der Waals surface area contributed by atoms with E-state index in [9.17, 15) is 8.42 Å². The second-order valence-corrected chi connectivity index (χ2v) is 7.05. The largest absolute Gasteiger partial charge is 0.384 e. The summed E-state index contributed by atoms with van der Waals surface area (Å²) in [5, 5.41) is 0. The molecule has 1 N–H and O–H groups in total. The molecular weight excluding hydrogens is 228 g/mol. The Morgan fingerprint density at radius 1 is 1.44 bits per heavy atom. The Morgan fingerprint density at radius 2 is 2.00 bits per heavy atom. The number of methoxy groups -OCH3 is 1. The summed E-state index contributed by atoms with van der Waals surface area (Å²) in [5.41, 5.74) is -0.604. The summed E-state index contributed by atoms with van der Waals surface area (Å²) in [6.45, 7) is 6.63. The Kier molecular flexibility index (Phi) is 3.72. The van der Waals surface area contributed by atoms with E-state index in [1.807, 2.05) is 0 Å². The summed E-state index contributed by atoms with van der Waals surface area (Å²) in [4.78, 5) is 0. The van der Waals surface area contributed by atoms with E-state index in [4.69, 9.17) is 9.29 Å². The van der Waals surface area contributed by atoms with Gasteiger partial charge in [0.15, 0.2) is 0 Å². The van der Waals surface area contributed by atoms with Crippen molar-refractivity contribution in [3.8, 4) is 0 Å². The minimum absolute atomic E-state index is 0.140. The van der Waals surface area contributed by atoms with E-state index in [0.717, 1.165) is 12.8 Å². The molecule has 0 radical (unpaired) electrons. The second kappa shape index (κ2) is 4.27. The minimum Gasteiger partial charge on any atom is -0.384 e. The maximum Gasteiger partial charge on any atom is 0.265 e. The SMILES string of the molecule is COCC1(CS(=O)(=O)O)CCC(C)C1(C)C. The summed E-state index contributed by atoms with van der Waals surface area (Å²) < 4.78 is 36.6. The van der Waals surface area contributed by atoms with Crippen LogP contribution in [0.4, 0.5) is 0 Å². The van der Waals surface area contributed by atoms with Gasteiger partial charge in [-0.25, -0.2) is 0 Å². The monoisotopic (exact) mass is 250 g/mol. The van der Waals surface area contributed by atoms with Crippen LogP contribution in [-0.2, 0) is 14.9 Å². The van der Waals surface area contributed by atoms with Gasteiger partial charge in [0.1, 0.15) is 0 Å². The van der Waals surface area contributed by atoms with Crippen LogP contribution in [0.3, 0.4) is 0 Å². The Morgan fingerprint density at radius 3 is 2.31 bits per heavy atom. The van der Waals surface area contributed by atoms with Crippen LogP contribution in [-0.4, -0.2) is 32.4 Å². The van der Waals surface area contributed by atoms with E-state index in [-0.39, 0.29) is 11.2 Å². The first-order chi connectivity index (χ1) is 7.15. The van der Waals surface area contributed by atoms with Crippen LogP contribution >= 0.6 is 0 Å². The topological polar surface area (TPSA) is 63.6 Å². The van der Waals surface area contributed by atoms with Crippen molar-refractivity contribution in [3.05, 3.63) is 0 Å². The summed E-state index contributed by atoms with van der Waals surface area (Å²) in [5.74, 6) is 0.231. The highest BCUT2D eigenvalue weighted by Gasteiger charge is 2.54. The average molecular weight is 250 g/mol. The van der Waals surface area contributed by atoms with Crippen LogP contribution in [0.5, 0.6) is 0 Å². The number of hydrogen-bond donors (Lipinski definition) is 1. The third kappa shape index (κ3) is 2.41. The van der Waals surface area contributed by atoms with Gasteiger partial charge in [0.25, 0.3) is 10.1 Å². The molecule has 2 unspecified atom stereocenters. The highest BCUT2D eigenvalue weighted by atomic mass is 32.2. The van der Waals surface area contributed by atoms with Crippen LogP contribution in [0.1, 0.15) is 33.6 Å². The standard InChI is InChI=1S/C11H22O4S/c1-9-5-6-11(7-15-4,10(9,2)3)8-16(12,13)14/h9H,5-8H2,1-4H3,(H,12,13,14). The smallest absolute Gasteiger partial charge is 0.265 e. The molecule has 1 aliphatic carbocycles. The number of hydrogen-bond acceptors (Lipinski definition) is 3. The quantitative estimate of drug-likeness (QED) is 0.775. The highest BCUT2D eigenvalue weighted by Crippen LogP contribution is 2.56. The van der Waals surface area contributed by atoms with Crippen molar-refractivity contribution in [2.75, 3.05) is 19.5 Å². The van der Waals surface area contributed by atoms with Crippen LogP contribution in [0.25, 0.3) is 0 Å². The van der Waals surface area contributed by atoms with Crippen molar-refractivity contribution < 1.29 is 17.7 Å². The van der Waals surface area contributed by atoms with Crippen LogP contribution in [0.2, 0.25) is 0 Å². The van der Waals surface area contributed by atoms with Gasteiger partial charge in [-0.05, 0) is 24.2 Å². The summed E-state index contributed by atoms with van der Waals surface area (Å²) in [7, 11) is -2.39. The van der Waals surface area contributed by atoms with Crippen molar-refractivity contribution in [1.82, 2.24) is 0 Å². The molecule has 96 valence electrons. The maximum absolute atomic E-state index is 11.2. The molecule has 16 heavy (non-hydrogen) atoms. The van der Waals surface area contributed by atoms with E-state index in [2.05, 4.69) is 20.8 Å². The van der Waals surface area contributed by atoms with Crippen molar-refractivity contribution in [2.45, 2.75) is 33.6 Å². The fourth-order valence-corrected chi connectivity index (χ4v) is 4.18. The van der Waals surface area contributed by atoms with Gasteiger partial charge in [-0.1, -0.05) is 20.8 Å². The molecule has 0 aliphatic heterocycles. The van der Waals surface area contributed by atoms with Crippen molar-refractivity contribution in [1.29, 1.82) is 0 Å². The van der Waals surface area contributed by atoms with Gasteiger partial charge in [-0.3, -0.25) is 4.55 Å². The first-order valence-electron chi connectivity index (χ1n) is 5.59. The molecule has 4 nitrogen and oxygen atoms in total. The number of ether oxygens (including phenoxy) is 1. The predicted molar refractivity (Wildman–Crippen MR) is 62.9 cm³/mol. The van der Waals surface area contributed by atoms with E-state index in [1.165, 1.54) is 0 Å². The Balaban J connectivity index is 3.07. The molecule has 0 aromatic rings. The molecule has 0 bridgehead atoms. The third-order valence-electron chi connectivity index (χ3n) is 4.53. The fraction of sp³-hybridized carbons (Fsp3) is 1.00. The molecule has 0 spiro atoms. The molecule has 1 aliphatic rings. The Labute approximate surface area is 98.1 Å². The zero-order valence-electron chi connectivity index (χ0n) is 10.5. The summed E-state index contributed by atoms with van der Waals surface area (Å²) >= 11 is 0. The molecule has 5 heteroatoms. The molecule has 0 saturated heterocycles. The van der Waals surface area contributed by atoms with Crippen LogP contribution in [0.15, 0.2) is 0 Å². The Hall–Kier alpha value is -0.130. The van der Waals surface area contributed by atoms with Crippen molar-refractivity contribution in [2.24, 2.45) is 16.7 Å². The van der Waals surface area contributed by atoms with Gasteiger partial charge in [-0.15, -0.1) is 0 Å². The lowest BCUT2D eigenvalue weighted by molar-refractivity contribution is 0.00884. The van der Waals surface area contributed by atoms with Gasteiger partial charge >= 0.3 is 0 Å². The molecule has 1 saturated carbocycles. The lowest BCUT2D eigenvalue weighted by Gasteiger charge is -2.42. The normalized spacial score (nSPS) is 34.2. The van der Waals surface area contributed by atoms with Crippen LogP contribution in [0, 0.1) is 16.7 Å². The van der Waals surface area contributed by atoms with Crippen molar-refractivity contribution in [3.63, 3.8) is 0 Å². The molecule has 2 atom stereocenters. The molecule has 0 amide bonds. The Bertz CT molecular complexity index is 343. The maximum atomic E-state index is 11.2. The van der Waals surface area contributed by atoms with Gasteiger partial charge in [0.2, 0.25) is 0 Å². The minimum atomic E-state index is -3.96. The zero-order valence-corrected chi connectivity index (χ0v) is 11.3. The fourth-order valence-electron chi connectivity index (χ4n) is 2.88. The average Bonchev–Trinajstić information content (AvgIpc) is 2.28. The van der Waals surface area contributed by atoms with E-state index in [0.29, 0.717) is 12.5 Å². The highest BCUT2D eigenvalue weighted by molar-refractivity contribution is 7.85. The van der Waals surface area contributed by atoms with E-state index < -0.39 is 15.5 Å². The van der Waals surface area contributed by atoms with Crippen molar-refractivity contribution >= 4 is 10.1 Å². The third-order valence-corrected chi connectivity index (χ3v) is 5.45. The second-order valence-electron chi connectivity index (χ2n) is 5.60. The number of rotatable bonds is 4. The van der Waals surface area contributed by atoms with E-state index >= 15 is 0 Å². The molecular formula is C11H22O4S. The first-order valence-corrected chi connectivity index (χ1v) is 7.20. The van der Waals surface area contributed by atoms with Gasteiger partial charge in [0, 0.05) is 12.5 Å². The van der Waals surface area contributed by atoms with Gasteiger partial charge in [0.05, 0.1) is 12.4 Å². The first kappa shape index (κ1) is 13.9. The molecule has 1 fully saturated rings.